The fourth-order valence-electron chi connectivity index (χ4n) is 1.29. The van der Waals surface area contributed by atoms with Crippen molar-refractivity contribution in [1.29, 1.82) is 0 Å². The van der Waals surface area contributed by atoms with Crippen LogP contribution in [-0.4, -0.2) is 23.0 Å². The van der Waals surface area contributed by atoms with Crippen molar-refractivity contribution in [2.45, 2.75) is 55.4 Å². The first-order chi connectivity index (χ1) is 11.0. The van der Waals surface area contributed by atoms with Crippen LogP contribution in [-0.2, 0) is 4.84 Å². The second-order valence-corrected chi connectivity index (χ2v) is 4.23. The zero-order valence-electron chi connectivity index (χ0n) is 16.0. The predicted molar refractivity (Wildman–Crippen MR) is 97.7 cm³/mol. The summed E-state index contributed by atoms with van der Waals surface area (Å²) in [6.45, 7) is 15.6. The molecule has 0 aliphatic carbocycles. The highest BCUT2D eigenvalue weighted by atomic mass is 16.6. The Kier molecular flexibility index (Phi) is 14.8. The first-order valence-corrected chi connectivity index (χ1v) is 7.94. The van der Waals surface area contributed by atoms with Gasteiger partial charge in [0, 0.05) is 5.56 Å². The number of aryl methyl sites for hydroxylation is 2. The molecule has 0 radical (unpaired) electrons. The van der Waals surface area contributed by atoms with Gasteiger partial charge in [0.2, 0.25) is 0 Å². The number of oxime groups is 1. The molecule has 130 valence electrons. The van der Waals surface area contributed by atoms with E-state index in [1.807, 2.05) is 72.7 Å². The first kappa shape index (κ1) is 23.1. The lowest BCUT2D eigenvalue weighted by Gasteiger charge is -1.93. The van der Waals surface area contributed by atoms with Crippen molar-refractivity contribution in [3.05, 3.63) is 35.7 Å². The Morgan fingerprint density at radius 1 is 1.00 bits per heavy atom. The molecular formula is C18H31N3O2. The number of hydrogen-bond donors (Lipinski definition) is 0. The molecule has 0 aliphatic rings. The van der Waals surface area contributed by atoms with Crippen molar-refractivity contribution in [3.63, 3.8) is 0 Å². The molecule has 1 aromatic carbocycles. The summed E-state index contributed by atoms with van der Waals surface area (Å²) in [6.07, 6.45) is 0. The molecule has 0 saturated carbocycles. The highest BCUT2D eigenvalue weighted by molar-refractivity contribution is 5.78. The van der Waals surface area contributed by atoms with Crippen LogP contribution >= 0.6 is 0 Å². The largest absolute Gasteiger partial charge is 0.399 e. The molecule has 0 bridgehead atoms. The van der Waals surface area contributed by atoms with E-state index in [2.05, 4.69) is 20.1 Å². The maximum absolute atomic E-state index is 5.03. The van der Waals surface area contributed by atoms with Gasteiger partial charge >= 0.3 is 0 Å². The van der Waals surface area contributed by atoms with Gasteiger partial charge in [0.15, 0.2) is 5.82 Å². The fraction of sp³-hybridized carbons (Fsp3) is 0.500. The summed E-state index contributed by atoms with van der Waals surface area (Å²) < 4.78 is 5.03. The standard InChI is InChI=1S/C10H10N2O.C4H9NO.2C2H6/c1-7-3-5-9(6-4-7)10-11-8(2)12-13-10;1-4(2)5-6-3;2*1-2/h3-6H,1-2H3;1-3H3;2*1-2H3. The summed E-state index contributed by atoms with van der Waals surface area (Å²) >= 11 is 0. The van der Waals surface area contributed by atoms with Crippen molar-refractivity contribution in [2.24, 2.45) is 5.16 Å². The van der Waals surface area contributed by atoms with Gasteiger partial charge in [-0.25, -0.2) is 0 Å². The van der Waals surface area contributed by atoms with E-state index in [0.717, 1.165) is 11.3 Å². The van der Waals surface area contributed by atoms with Crippen molar-refractivity contribution >= 4 is 5.71 Å². The van der Waals surface area contributed by atoms with Crippen molar-refractivity contribution < 1.29 is 9.36 Å². The minimum Gasteiger partial charge on any atom is -0.399 e. The lowest BCUT2D eigenvalue weighted by molar-refractivity contribution is 0.213. The summed E-state index contributed by atoms with van der Waals surface area (Å²) in [5.41, 5.74) is 3.13. The smallest absolute Gasteiger partial charge is 0.257 e. The topological polar surface area (TPSA) is 60.5 Å². The number of rotatable bonds is 2. The molecule has 0 amide bonds. The minimum atomic E-state index is 0.581. The molecule has 2 aromatic rings. The number of aromatic nitrogens is 2. The van der Waals surface area contributed by atoms with Crippen LogP contribution in [0.15, 0.2) is 33.9 Å². The summed E-state index contributed by atoms with van der Waals surface area (Å²) in [5.74, 6) is 1.24. The molecule has 1 heterocycles. The molecule has 0 atom stereocenters. The van der Waals surface area contributed by atoms with Crippen LogP contribution < -0.4 is 0 Å². The Morgan fingerprint density at radius 2 is 1.52 bits per heavy atom. The molecule has 5 nitrogen and oxygen atoms in total. The van der Waals surface area contributed by atoms with E-state index in [0.29, 0.717) is 11.7 Å². The van der Waals surface area contributed by atoms with E-state index in [1.165, 1.54) is 12.7 Å². The molecule has 0 N–H and O–H groups in total. The van der Waals surface area contributed by atoms with E-state index in [9.17, 15) is 0 Å². The molecule has 0 fully saturated rings. The lowest BCUT2D eigenvalue weighted by atomic mass is 10.1. The molecule has 0 saturated heterocycles. The van der Waals surface area contributed by atoms with Gasteiger partial charge in [0.1, 0.15) is 7.11 Å². The van der Waals surface area contributed by atoms with Crippen molar-refractivity contribution in [2.75, 3.05) is 7.11 Å². The highest BCUT2D eigenvalue weighted by Gasteiger charge is 2.04. The summed E-state index contributed by atoms with van der Waals surface area (Å²) in [5, 5.41) is 7.27. The van der Waals surface area contributed by atoms with Crippen LogP contribution in [0.25, 0.3) is 11.5 Å². The van der Waals surface area contributed by atoms with Gasteiger partial charge in [-0.2, -0.15) is 4.98 Å². The Labute approximate surface area is 140 Å². The molecule has 0 aliphatic heterocycles. The zero-order chi connectivity index (χ0) is 18.3. The van der Waals surface area contributed by atoms with Gasteiger partial charge < -0.3 is 9.36 Å². The number of nitrogens with zero attached hydrogens (tertiary/aromatic N) is 3. The van der Waals surface area contributed by atoms with Gasteiger partial charge in [0.25, 0.3) is 5.89 Å². The predicted octanol–water partition coefficient (Wildman–Crippen LogP) is 5.43. The molecule has 23 heavy (non-hydrogen) atoms. The van der Waals surface area contributed by atoms with Crippen LogP contribution in [0.1, 0.15) is 52.9 Å². The van der Waals surface area contributed by atoms with E-state index >= 15 is 0 Å². The summed E-state index contributed by atoms with van der Waals surface area (Å²) in [7, 11) is 1.53. The van der Waals surface area contributed by atoms with E-state index in [-0.39, 0.29) is 0 Å². The quantitative estimate of drug-likeness (QED) is 0.546. The molecule has 0 unspecified atom stereocenters. The van der Waals surface area contributed by atoms with Gasteiger partial charge in [-0.3, -0.25) is 0 Å². The van der Waals surface area contributed by atoms with Gasteiger partial charge in [0.05, 0.1) is 5.71 Å². The Morgan fingerprint density at radius 3 is 1.83 bits per heavy atom. The monoisotopic (exact) mass is 321 g/mol. The molecule has 1 aromatic heterocycles. The molecular weight excluding hydrogens is 290 g/mol. The zero-order valence-corrected chi connectivity index (χ0v) is 16.0. The average molecular weight is 321 g/mol. The lowest BCUT2D eigenvalue weighted by Crippen LogP contribution is -1.79. The normalized spacial score (nSPS) is 8.22. The molecule has 0 spiro atoms. The minimum absolute atomic E-state index is 0.581. The highest BCUT2D eigenvalue weighted by Crippen LogP contribution is 2.16. The fourth-order valence-corrected chi connectivity index (χ4v) is 1.29. The van der Waals surface area contributed by atoms with Gasteiger partial charge in [-0.05, 0) is 39.8 Å². The molecule has 5 heteroatoms. The van der Waals surface area contributed by atoms with E-state index < -0.39 is 0 Å². The van der Waals surface area contributed by atoms with Gasteiger partial charge in [-0.15, -0.1) is 0 Å². The van der Waals surface area contributed by atoms with E-state index in [1.54, 1.807) is 6.92 Å². The third-order valence-corrected chi connectivity index (χ3v) is 2.10. The van der Waals surface area contributed by atoms with E-state index in [4.69, 9.17) is 4.52 Å². The summed E-state index contributed by atoms with van der Waals surface area (Å²) in [4.78, 5) is 8.52. The second-order valence-electron chi connectivity index (χ2n) is 4.23. The van der Waals surface area contributed by atoms with Gasteiger partial charge in [-0.1, -0.05) is 55.7 Å². The van der Waals surface area contributed by atoms with Crippen LogP contribution in [0.4, 0.5) is 0 Å². The third kappa shape index (κ3) is 11.1. The van der Waals surface area contributed by atoms with Crippen LogP contribution in [0.2, 0.25) is 0 Å². The number of benzene rings is 1. The van der Waals surface area contributed by atoms with Crippen LogP contribution in [0.5, 0.6) is 0 Å². The van der Waals surface area contributed by atoms with Crippen LogP contribution in [0, 0.1) is 13.8 Å². The SMILES string of the molecule is CC.CC.CON=C(C)C.Cc1ccc(-c2nc(C)no2)cc1. The molecule has 2 rings (SSSR count). The van der Waals surface area contributed by atoms with Crippen LogP contribution in [0.3, 0.4) is 0 Å². The van der Waals surface area contributed by atoms with Crippen molar-refractivity contribution in [3.8, 4) is 11.5 Å². The maximum atomic E-state index is 5.03. The van der Waals surface area contributed by atoms with Crippen molar-refractivity contribution in [1.82, 2.24) is 10.1 Å². The number of hydrogen-bond acceptors (Lipinski definition) is 5. The Bertz CT molecular complexity index is 527. The Balaban J connectivity index is 0. The average Bonchev–Trinajstić information content (AvgIpc) is 2.99. The first-order valence-electron chi connectivity index (χ1n) is 7.94. The second kappa shape index (κ2) is 14.8. The summed E-state index contributed by atoms with van der Waals surface area (Å²) in [6, 6.07) is 7.99. The maximum Gasteiger partial charge on any atom is 0.257 e. The Hall–Kier alpha value is -2.17. The third-order valence-electron chi connectivity index (χ3n) is 2.10.